The van der Waals surface area contributed by atoms with Crippen molar-refractivity contribution < 1.29 is 13.2 Å². The molecular weight excluding hydrogens is 233 g/mol. The lowest BCUT2D eigenvalue weighted by atomic mass is 10.2. The Labute approximate surface area is 97.0 Å². The molecule has 1 heterocycles. The predicted molar refractivity (Wildman–Crippen MR) is 58.6 cm³/mol. The molecule has 2 N–H and O–H groups in total. The van der Waals surface area contributed by atoms with Gasteiger partial charge in [0.2, 0.25) is 0 Å². The molecule has 1 aromatic rings. The molecule has 0 aliphatic carbocycles. The molecule has 0 bridgehead atoms. The largest absolute Gasteiger partial charge is 0.417 e. The number of hydrogen-bond donors (Lipinski definition) is 1. The topological polar surface area (TPSA) is 48.0 Å². The van der Waals surface area contributed by atoms with Crippen LogP contribution >= 0.6 is 0 Å². The minimum Gasteiger partial charge on any atom is -0.330 e. The van der Waals surface area contributed by atoms with Crippen LogP contribution in [0.2, 0.25) is 0 Å². The van der Waals surface area contributed by atoms with Crippen molar-refractivity contribution in [3.05, 3.63) is 34.2 Å². The van der Waals surface area contributed by atoms with Crippen molar-refractivity contribution in [3.8, 4) is 0 Å². The molecular formula is C11H15F3N2O. The van der Waals surface area contributed by atoms with Gasteiger partial charge in [0.05, 0.1) is 5.56 Å². The fourth-order valence-corrected chi connectivity index (χ4v) is 1.48. The first kappa shape index (κ1) is 13.8. The van der Waals surface area contributed by atoms with Crippen molar-refractivity contribution >= 4 is 0 Å². The molecule has 0 saturated carbocycles. The minimum absolute atomic E-state index is 0.294. The molecule has 0 aromatic carbocycles. The van der Waals surface area contributed by atoms with Crippen LogP contribution in [0.3, 0.4) is 0 Å². The van der Waals surface area contributed by atoms with Crippen molar-refractivity contribution in [2.45, 2.75) is 32.0 Å². The number of aromatic nitrogens is 1. The van der Waals surface area contributed by atoms with Gasteiger partial charge >= 0.3 is 6.18 Å². The van der Waals surface area contributed by atoms with Crippen LogP contribution < -0.4 is 11.3 Å². The molecule has 0 saturated heterocycles. The first-order chi connectivity index (χ1) is 7.95. The maximum Gasteiger partial charge on any atom is 0.417 e. The normalized spacial score (nSPS) is 11.8. The van der Waals surface area contributed by atoms with Gasteiger partial charge in [-0.05, 0) is 25.5 Å². The van der Waals surface area contributed by atoms with Crippen molar-refractivity contribution in [3.63, 3.8) is 0 Å². The maximum absolute atomic E-state index is 12.4. The van der Waals surface area contributed by atoms with Crippen LogP contribution in [0.1, 0.15) is 24.8 Å². The first-order valence-corrected chi connectivity index (χ1v) is 5.43. The van der Waals surface area contributed by atoms with Gasteiger partial charge in [-0.2, -0.15) is 13.2 Å². The fraction of sp³-hybridized carbons (Fsp3) is 0.545. The molecule has 0 amide bonds. The molecule has 3 nitrogen and oxygen atoms in total. The van der Waals surface area contributed by atoms with Crippen LogP contribution in [0.25, 0.3) is 0 Å². The SMILES string of the molecule is NCCCCCn1cc(C(F)(F)F)ccc1=O. The molecule has 0 spiro atoms. The van der Waals surface area contributed by atoms with Gasteiger partial charge in [-0.25, -0.2) is 0 Å². The highest BCUT2D eigenvalue weighted by Crippen LogP contribution is 2.28. The summed E-state index contributed by atoms with van der Waals surface area (Å²) in [7, 11) is 0. The number of rotatable bonds is 5. The minimum atomic E-state index is -4.41. The summed E-state index contributed by atoms with van der Waals surface area (Å²) < 4.78 is 38.3. The summed E-state index contributed by atoms with van der Waals surface area (Å²) in [5.74, 6) is 0. The average Bonchev–Trinajstić information content (AvgIpc) is 2.25. The second-order valence-corrected chi connectivity index (χ2v) is 3.80. The Hall–Kier alpha value is -1.30. The summed E-state index contributed by atoms with van der Waals surface area (Å²) in [6.45, 7) is 0.847. The third-order valence-electron chi connectivity index (χ3n) is 2.41. The van der Waals surface area contributed by atoms with E-state index in [4.69, 9.17) is 5.73 Å². The summed E-state index contributed by atoms with van der Waals surface area (Å²) in [6, 6.07) is 1.75. The van der Waals surface area contributed by atoms with E-state index in [0.717, 1.165) is 35.7 Å². The average molecular weight is 248 g/mol. The fourth-order valence-electron chi connectivity index (χ4n) is 1.48. The maximum atomic E-state index is 12.4. The zero-order chi connectivity index (χ0) is 12.9. The molecule has 1 rings (SSSR count). The van der Waals surface area contributed by atoms with Crippen LogP contribution in [-0.2, 0) is 12.7 Å². The molecule has 0 aliphatic heterocycles. The number of nitrogens with zero attached hydrogens (tertiary/aromatic N) is 1. The van der Waals surface area contributed by atoms with Gasteiger partial charge in [0.1, 0.15) is 0 Å². The third kappa shape index (κ3) is 4.22. The molecule has 0 radical (unpaired) electrons. The lowest BCUT2D eigenvalue weighted by Crippen LogP contribution is -2.21. The quantitative estimate of drug-likeness (QED) is 0.810. The van der Waals surface area contributed by atoms with E-state index in [-0.39, 0.29) is 0 Å². The van der Waals surface area contributed by atoms with E-state index in [0.29, 0.717) is 19.5 Å². The second kappa shape index (κ2) is 5.86. The van der Waals surface area contributed by atoms with Crippen LogP contribution in [-0.4, -0.2) is 11.1 Å². The van der Waals surface area contributed by atoms with Crippen molar-refractivity contribution in [2.24, 2.45) is 5.73 Å². The van der Waals surface area contributed by atoms with Gasteiger partial charge in [-0.15, -0.1) is 0 Å². The Morgan fingerprint density at radius 1 is 1.18 bits per heavy atom. The summed E-state index contributed by atoms with van der Waals surface area (Å²) >= 11 is 0. The molecule has 17 heavy (non-hydrogen) atoms. The van der Waals surface area contributed by atoms with Gasteiger partial charge in [0.25, 0.3) is 5.56 Å². The van der Waals surface area contributed by atoms with Crippen molar-refractivity contribution in [2.75, 3.05) is 6.54 Å². The third-order valence-corrected chi connectivity index (χ3v) is 2.41. The zero-order valence-electron chi connectivity index (χ0n) is 9.33. The number of halogens is 3. The first-order valence-electron chi connectivity index (χ1n) is 5.43. The standard InChI is InChI=1S/C11H15F3N2O/c12-11(13,14)9-4-5-10(17)16(8-9)7-3-1-2-6-15/h4-5,8H,1-3,6-7,15H2. The molecule has 0 aliphatic rings. The van der Waals surface area contributed by atoms with Crippen LogP contribution in [0.15, 0.2) is 23.1 Å². The van der Waals surface area contributed by atoms with Gasteiger partial charge in [-0.3, -0.25) is 4.79 Å². The predicted octanol–water partition coefficient (Wildman–Crippen LogP) is 2.00. The zero-order valence-corrected chi connectivity index (χ0v) is 9.33. The van der Waals surface area contributed by atoms with Crippen molar-refractivity contribution in [1.82, 2.24) is 4.57 Å². The summed E-state index contributed by atoms with van der Waals surface area (Å²) in [4.78, 5) is 11.3. The van der Waals surface area contributed by atoms with Gasteiger partial charge in [-0.1, -0.05) is 6.42 Å². The molecule has 1 aromatic heterocycles. The lowest BCUT2D eigenvalue weighted by Gasteiger charge is -2.10. The van der Waals surface area contributed by atoms with Crippen LogP contribution in [0.5, 0.6) is 0 Å². The highest BCUT2D eigenvalue weighted by atomic mass is 19.4. The van der Waals surface area contributed by atoms with Crippen LogP contribution in [0, 0.1) is 0 Å². The van der Waals surface area contributed by atoms with Crippen LogP contribution in [0.4, 0.5) is 13.2 Å². The van der Waals surface area contributed by atoms with Crippen molar-refractivity contribution in [1.29, 1.82) is 0 Å². The van der Waals surface area contributed by atoms with Gasteiger partial charge in [0, 0.05) is 18.8 Å². The number of aryl methyl sites for hydroxylation is 1. The Kier molecular flexibility index (Phi) is 4.74. The highest BCUT2D eigenvalue weighted by Gasteiger charge is 2.30. The number of nitrogens with two attached hydrogens (primary N) is 1. The molecule has 6 heteroatoms. The smallest absolute Gasteiger partial charge is 0.330 e. The van der Waals surface area contributed by atoms with E-state index in [9.17, 15) is 18.0 Å². The summed E-state index contributed by atoms with van der Waals surface area (Å²) in [5.41, 5.74) is 4.10. The summed E-state index contributed by atoms with van der Waals surface area (Å²) in [5, 5.41) is 0. The van der Waals surface area contributed by atoms with E-state index >= 15 is 0 Å². The Morgan fingerprint density at radius 2 is 1.88 bits per heavy atom. The van der Waals surface area contributed by atoms with E-state index in [1.54, 1.807) is 0 Å². The van der Waals surface area contributed by atoms with E-state index in [1.807, 2.05) is 0 Å². The van der Waals surface area contributed by atoms with Gasteiger partial charge in [0.15, 0.2) is 0 Å². The van der Waals surface area contributed by atoms with E-state index < -0.39 is 17.3 Å². The number of unbranched alkanes of at least 4 members (excludes halogenated alkanes) is 2. The lowest BCUT2D eigenvalue weighted by molar-refractivity contribution is -0.138. The molecule has 0 unspecified atom stereocenters. The monoisotopic (exact) mass is 248 g/mol. The number of alkyl halides is 3. The Bertz CT molecular complexity index is 412. The van der Waals surface area contributed by atoms with E-state index in [2.05, 4.69) is 0 Å². The molecule has 0 fully saturated rings. The molecule has 96 valence electrons. The Balaban J connectivity index is 2.74. The van der Waals surface area contributed by atoms with Gasteiger partial charge < -0.3 is 10.3 Å². The second-order valence-electron chi connectivity index (χ2n) is 3.80. The highest BCUT2D eigenvalue weighted by molar-refractivity contribution is 5.13. The number of hydrogen-bond acceptors (Lipinski definition) is 2. The summed E-state index contributed by atoms with van der Waals surface area (Å²) in [6.07, 6.45) is -1.27. The molecule has 0 atom stereocenters. The van der Waals surface area contributed by atoms with E-state index in [1.165, 1.54) is 0 Å². The number of pyridine rings is 1. The Morgan fingerprint density at radius 3 is 2.47 bits per heavy atom.